The summed E-state index contributed by atoms with van der Waals surface area (Å²) in [5.41, 5.74) is 0. The molecule has 0 aliphatic heterocycles. The van der Waals surface area contributed by atoms with Gasteiger partial charge in [0, 0.05) is 13.0 Å². The summed E-state index contributed by atoms with van der Waals surface area (Å²) in [5, 5.41) is 4.89. The van der Waals surface area contributed by atoms with E-state index < -0.39 is 12.1 Å². The van der Waals surface area contributed by atoms with Gasteiger partial charge >= 0.3 is 12.1 Å². The summed E-state index contributed by atoms with van der Waals surface area (Å²) in [4.78, 5) is 23.2. The number of rotatable bonds is 19. The lowest BCUT2D eigenvalue weighted by atomic mass is 10.0. The lowest BCUT2D eigenvalue weighted by Crippen LogP contribution is -3.00. The van der Waals surface area contributed by atoms with Crippen molar-refractivity contribution in [1.29, 1.82) is 0 Å². The first-order valence-electron chi connectivity index (χ1n) is 12.4. The summed E-state index contributed by atoms with van der Waals surface area (Å²) in [7, 11) is 6.32. The number of nitrogens with zero attached hydrogens (tertiary/aromatic N) is 1. The van der Waals surface area contributed by atoms with Crippen LogP contribution in [0, 0.1) is 0 Å². The molecule has 2 N–H and O–H groups in total. The Kier molecular flexibility index (Phi) is 23.8. The third-order valence-corrected chi connectivity index (χ3v) is 5.24. The third-order valence-electron chi connectivity index (χ3n) is 5.24. The van der Waals surface area contributed by atoms with Gasteiger partial charge in [0.05, 0.1) is 34.3 Å². The van der Waals surface area contributed by atoms with Crippen LogP contribution in [0.15, 0.2) is 0 Å². The summed E-state index contributed by atoms with van der Waals surface area (Å²) in [6.07, 6.45) is 18.3. The average molecular weight is 556 g/mol. The van der Waals surface area contributed by atoms with Crippen molar-refractivity contribution < 1.29 is 42.8 Å². The van der Waals surface area contributed by atoms with E-state index in [0.29, 0.717) is 13.2 Å². The summed E-state index contributed by atoms with van der Waals surface area (Å²) >= 11 is 0. The lowest BCUT2D eigenvalue weighted by Gasteiger charge is -2.23. The number of nitrogens with one attached hydrogen (secondary N) is 2. The summed E-state index contributed by atoms with van der Waals surface area (Å²) in [6.45, 7) is 4.15. The lowest BCUT2D eigenvalue weighted by molar-refractivity contribution is -0.870. The maximum absolute atomic E-state index is 11.6. The molecule has 0 aromatic rings. The Balaban J connectivity index is 0. The van der Waals surface area contributed by atoms with Crippen LogP contribution < -0.4 is 34.6 Å². The quantitative estimate of drug-likeness (QED) is 0.146. The third kappa shape index (κ3) is 27.4. The van der Waals surface area contributed by atoms with E-state index in [-0.39, 0.29) is 24.0 Å². The fourth-order valence-electron chi connectivity index (χ4n) is 3.39. The van der Waals surface area contributed by atoms with E-state index in [9.17, 15) is 9.59 Å². The van der Waals surface area contributed by atoms with Crippen LogP contribution in [-0.2, 0) is 4.74 Å². The number of carbonyl (C=O) groups is 2. The first-order chi connectivity index (χ1) is 14.3. The molecule has 6 nitrogen and oxygen atoms in total. The zero-order valence-electron chi connectivity index (χ0n) is 20.8. The predicted octanol–water partition coefficient (Wildman–Crippen LogP) is 3.00. The van der Waals surface area contributed by atoms with E-state index >= 15 is 0 Å². The molecule has 0 fully saturated rings. The number of halogens is 1. The van der Waals surface area contributed by atoms with E-state index in [1.165, 1.54) is 77.0 Å². The van der Waals surface area contributed by atoms with Gasteiger partial charge in [-0.1, -0.05) is 90.4 Å². The van der Waals surface area contributed by atoms with E-state index in [4.69, 9.17) is 4.74 Å². The van der Waals surface area contributed by atoms with Gasteiger partial charge in [0.1, 0.15) is 0 Å². The molecule has 7 heteroatoms. The van der Waals surface area contributed by atoms with Crippen molar-refractivity contribution in [3.63, 3.8) is 0 Å². The van der Waals surface area contributed by atoms with E-state index in [1.807, 2.05) is 0 Å². The number of urea groups is 1. The van der Waals surface area contributed by atoms with Gasteiger partial charge < -0.3 is 38.5 Å². The Morgan fingerprint density at radius 2 is 1.16 bits per heavy atom. The fourth-order valence-corrected chi connectivity index (χ4v) is 3.39. The second kappa shape index (κ2) is 22.6. The van der Waals surface area contributed by atoms with Crippen LogP contribution >= 0.6 is 0 Å². The van der Waals surface area contributed by atoms with Gasteiger partial charge in [0.2, 0.25) is 0 Å². The van der Waals surface area contributed by atoms with Gasteiger partial charge in [-0.15, -0.1) is 0 Å². The Bertz CT molecular complexity index is 429. The van der Waals surface area contributed by atoms with E-state index in [2.05, 4.69) is 38.7 Å². The Labute approximate surface area is 209 Å². The minimum absolute atomic E-state index is 0. The molecular weight excluding hydrogens is 505 g/mol. The highest BCUT2D eigenvalue weighted by Gasteiger charge is 2.09. The minimum Gasteiger partial charge on any atom is -1.00 e. The van der Waals surface area contributed by atoms with Gasteiger partial charge in [0.15, 0.2) is 0 Å². The Morgan fingerprint density at radius 3 is 1.61 bits per heavy atom. The first kappa shape index (κ1) is 32.6. The van der Waals surface area contributed by atoms with Crippen LogP contribution in [0.25, 0.3) is 0 Å². The number of alkyl carbamates (subject to hydrolysis) is 1. The van der Waals surface area contributed by atoms with Crippen molar-refractivity contribution in [2.24, 2.45) is 0 Å². The van der Waals surface area contributed by atoms with Crippen LogP contribution in [0.2, 0.25) is 0 Å². The SMILES string of the molecule is CCCCCCCCCCCCCCCCOC(=O)NC(=O)NCCC[N+](C)(C)C.[I-]. The first-order valence-corrected chi connectivity index (χ1v) is 12.4. The van der Waals surface area contributed by atoms with E-state index in [1.54, 1.807) is 0 Å². The number of quaternary nitrogens is 1. The normalized spacial score (nSPS) is 11.0. The Hall–Kier alpha value is -0.570. The zero-order valence-corrected chi connectivity index (χ0v) is 22.9. The van der Waals surface area contributed by atoms with E-state index in [0.717, 1.165) is 30.3 Å². The van der Waals surface area contributed by atoms with Crippen LogP contribution in [0.3, 0.4) is 0 Å². The summed E-state index contributed by atoms with van der Waals surface area (Å²) in [5.74, 6) is 0. The number of imide groups is 1. The molecule has 0 saturated carbocycles. The molecule has 0 heterocycles. The molecule has 0 aromatic carbocycles. The molecule has 31 heavy (non-hydrogen) atoms. The minimum atomic E-state index is -0.659. The topological polar surface area (TPSA) is 67.4 Å². The number of carbonyl (C=O) groups excluding carboxylic acids is 2. The van der Waals surface area contributed by atoms with Crippen LogP contribution in [0.4, 0.5) is 9.59 Å². The van der Waals surface area contributed by atoms with Crippen LogP contribution in [-0.4, -0.2) is 57.4 Å². The van der Waals surface area contributed by atoms with Crippen molar-refractivity contribution in [3.05, 3.63) is 0 Å². The highest BCUT2D eigenvalue weighted by atomic mass is 127. The highest BCUT2D eigenvalue weighted by molar-refractivity contribution is 5.90. The second-order valence-electron chi connectivity index (χ2n) is 9.48. The van der Waals surface area contributed by atoms with Crippen molar-refractivity contribution >= 4 is 12.1 Å². The molecule has 0 spiro atoms. The number of ether oxygens (including phenoxy) is 1. The maximum atomic E-state index is 11.6. The van der Waals surface area contributed by atoms with Crippen molar-refractivity contribution in [2.45, 2.75) is 103 Å². The second-order valence-corrected chi connectivity index (χ2v) is 9.48. The molecular formula is C24H50IN3O3. The molecule has 0 aliphatic rings. The standard InChI is InChI=1S/C24H49N3O3.HI/c1-5-6-7-8-9-10-11-12-13-14-15-16-17-18-22-30-24(29)26-23(28)25-20-19-21-27(2,3)4;/h5-22H2,1-4H3,(H-,25,26,28,29);1H. The average Bonchev–Trinajstić information content (AvgIpc) is 2.67. The molecule has 0 atom stereocenters. The molecule has 0 aromatic heterocycles. The van der Waals surface area contributed by atoms with Crippen molar-refractivity contribution in [3.8, 4) is 0 Å². The number of unbranched alkanes of at least 4 members (excludes halogenated alkanes) is 13. The highest BCUT2D eigenvalue weighted by Crippen LogP contribution is 2.12. The fraction of sp³-hybridized carbons (Fsp3) is 0.917. The summed E-state index contributed by atoms with van der Waals surface area (Å²) < 4.78 is 5.92. The van der Waals surface area contributed by atoms with Gasteiger partial charge in [-0.05, 0) is 6.42 Å². The number of hydrogen-bond acceptors (Lipinski definition) is 3. The predicted molar refractivity (Wildman–Crippen MR) is 126 cm³/mol. The van der Waals surface area contributed by atoms with Gasteiger partial charge in [-0.3, -0.25) is 0 Å². The number of hydrogen-bond donors (Lipinski definition) is 2. The van der Waals surface area contributed by atoms with Crippen molar-refractivity contribution in [2.75, 3.05) is 40.8 Å². The summed E-state index contributed by atoms with van der Waals surface area (Å²) in [6, 6.07) is -0.484. The van der Waals surface area contributed by atoms with Crippen LogP contribution in [0.5, 0.6) is 0 Å². The Morgan fingerprint density at radius 1 is 0.710 bits per heavy atom. The molecule has 0 bridgehead atoms. The zero-order chi connectivity index (χ0) is 22.5. The van der Waals surface area contributed by atoms with Gasteiger partial charge in [-0.2, -0.15) is 0 Å². The number of amides is 3. The van der Waals surface area contributed by atoms with Gasteiger partial charge in [-0.25, -0.2) is 14.9 Å². The van der Waals surface area contributed by atoms with Gasteiger partial charge in [0.25, 0.3) is 0 Å². The molecule has 3 amide bonds. The monoisotopic (exact) mass is 555 g/mol. The molecule has 0 radical (unpaired) electrons. The van der Waals surface area contributed by atoms with Crippen LogP contribution in [0.1, 0.15) is 103 Å². The van der Waals surface area contributed by atoms with Crippen molar-refractivity contribution in [1.82, 2.24) is 10.6 Å². The molecule has 0 rings (SSSR count). The molecule has 0 unspecified atom stereocenters. The molecule has 0 saturated heterocycles. The molecule has 0 aliphatic carbocycles. The smallest absolute Gasteiger partial charge is 0.415 e. The molecule has 186 valence electrons. The largest absolute Gasteiger partial charge is 1.00 e. The maximum Gasteiger partial charge on any atom is 0.415 e.